The lowest BCUT2D eigenvalue weighted by atomic mass is 10.1. The fourth-order valence-electron chi connectivity index (χ4n) is 1.90. The van der Waals surface area contributed by atoms with Gasteiger partial charge in [0, 0.05) is 7.11 Å². The first kappa shape index (κ1) is 17.9. The number of hydrogen-bond acceptors (Lipinski definition) is 4. The standard InChI is InChI=1S/C16H24O4S/c1-4-15(19-3)8-6-5-7-13-20-21(17,18)16-11-9-14(2)10-12-16/h4,9-12,15H,1,5-8,13H2,2-3H3. The maximum atomic E-state index is 11.9. The van der Waals surface area contributed by atoms with Gasteiger partial charge in [0.1, 0.15) is 0 Å². The third-order valence-corrected chi connectivity index (χ3v) is 4.57. The zero-order chi connectivity index (χ0) is 15.7. The number of benzene rings is 1. The molecule has 0 fully saturated rings. The van der Waals surface area contributed by atoms with Gasteiger partial charge in [0.2, 0.25) is 0 Å². The van der Waals surface area contributed by atoms with Crippen molar-refractivity contribution < 1.29 is 17.3 Å². The van der Waals surface area contributed by atoms with E-state index in [9.17, 15) is 8.42 Å². The molecule has 0 bridgehead atoms. The Morgan fingerprint density at radius 3 is 2.43 bits per heavy atom. The number of ether oxygens (including phenoxy) is 1. The molecular formula is C16H24O4S. The minimum absolute atomic E-state index is 0.0715. The number of methoxy groups -OCH3 is 1. The van der Waals surface area contributed by atoms with Crippen molar-refractivity contribution in [1.82, 2.24) is 0 Å². The minimum Gasteiger partial charge on any atom is -0.377 e. The van der Waals surface area contributed by atoms with Crippen LogP contribution in [0.2, 0.25) is 0 Å². The van der Waals surface area contributed by atoms with Gasteiger partial charge in [0.15, 0.2) is 0 Å². The van der Waals surface area contributed by atoms with Gasteiger partial charge in [-0.05, 0) is 31.9 Å². The molecule has 0 N–H and O–H groups in total. The van der Waals surface area contributed by atoms with Crippen molar-refractivity contribution >= 4 is 10.1 Å². The number of unbranched alkanes of at least 4 members (excludes halogenated alkanes) is 2. The van der Waals surface area contributed by atoms with Crippen LogP contribution in [0.4, 0.5) is 0 Å². The van der Waals surface area contributed by atoms with Crippen LogP contribution in [0, 0.1) is 6.92 Å². The largest absolute Gasteiger partial charge is 0.377 e. The molecule has 0 amide bonds. The molecule has 0 radical (unpaired) electrons. The average Bonchev–Trinajstić information content (AvgIpc) is 2.47. The molecule has 1 aromatic carbocycles. The first-order valence-electron chi connectivity index (χ1n) is 7.11. The van der Waals surface area contributed by atoms with Gasteiger partial charge >= 0.3 is 0 Å². The smallest absolute Gasteiger partial charge is 0.296 e. The Hall–Kier alpha value is -1.17. The summed E-state index contributed by atoms with van der Waals surface area (Å²) < 4.78 is 34.1. The van der Waals surface area contributed by atoms with E-state index in [0.717, 1.165) is 24.8 Å². The Balaban J connectivity index is 2.28. The van der Waals surface area contributed by atoms with Crippen LogP contribution < -0.4 is 0 Å². The second kappa shape index (κ2) is 8.97. The van der Waals surface area contributed by atoms with Gasteiger partial charge in [-0.1, -0.05) is 36.6 Å². The molecule has 5 heteroatoms. The van der Waals surface area contributed by atoms with Gasteiger partial charge in [-0.2, -0.15) is 8.42 Å². The molecule has 1 unspecified atom stereocenters. The topological polar surface area (TPSA) is 52.6 Å². The monoisotopic (exact) mass is 312 g/mol. The van der Waals surface area contributed by atoms with Crippen LogP contribution in [0.5, 0.6) is 0 Å². The van der Waals surface area contributed by atoms with Gasteiger partial charge in [-0.25, -0.2) is 0 Å². The van der Waals surface area contributed by atoms with Crippen molar-refractivity contribution in [2.45, 2.75) is 43.6 Å². The molecule has 0 saturated carbocycles. The first-order chi connectivity index (χ1) is 9.99. The Bertz CT molecular complexity index is 520. The van der Waals surface area contributed by atoms with Gasteiger partial charge in [-0.15, -0.1) is 6.58 Å². The fourth-order valence-corrected chi connectivity index (χ4v) is 2.84. The fraction of sp³-hybridized carbons (Fsp3) is 0.500. The van der Waals surface area contributed by atoms with E-state index < -0.39 is 10.1 Å². The van der Waals surface area contributed by atoms with E-state index in [4.69, 9.17) is 8.92 Å². The van der Waals surface area contributed by atoms with Crippen LogP contribution in [0.1, 0.15) is 31.2 Å². The van der Waals surface area contributed by atoms with Crippen molar-refractivity contribution in [2.75, 3.05) is 13.7 Å². The zero-order valence-corrected chi connectivity index (χ0v) is 13.6. The highest BCUT2D eigenvalue weighted by atomic mass is 32.2. The Labute approximate surface area is 127 Å². The lowest BCUT2D eigenvalue weighted by Gasteiger charge is -2.10. The molecule has 4 nitrogen and oxygen atoms in total. The summed E-state index contributed by atoms with van der Waals surface area (Å²) in [7, 11) is -1.97. The molecular weight excluding hydrogens is 288 g/mol. The quantitative estimate of drug-likeness (QED) is 0.377. The predicted molar refractivity (Wildman–Crippen MR) is 83.8 cm³/mol. The first-order valence-corrected chi connectivity index (χ1v) is 8.52. The third-order valence-electron chi connectivity index (χ3n) is 3.25. The van der Waals surface area contributed by atoms with Crippen LogP contribution in [0.3, 0.4) is 0 Å². The average molecular weight is 312 g/mol. The van der Waals surface area contributed by atoms with Crippen molar-refractivity contribution in [2.24, 2.45) is 0 Å². The second-order valence-corrected chi connectivity index (χ2v) is 6.56. The van der Waals surface area contributed by atoms with Crippen molar-refractivity contribution in [3.8, 4) is 0 Å². The maximum absolute atomic E-state index is 11.9. The van der Waals surface area contributed by atoms with Crippen LogP contribution in [0.25, 0.3) is 0 Å². The molecule has 0 aliphatic carbocycles. The Kier molecular flexibility index (Phi) is 7.64. The Morgan fingerprint density at radius 1 is 1.19 bits per heavy atom. The summed E-state index contributed by atoms with van der Waals surface area (Å²) in [6, 6.07) is 6.66. The van der Waals surface area contributed by atoms with Gasteiger partial charge in [-0.3, -0.25) is 4.18 Å². The normalized spacial score (nSPS) is 13.0. The van der Waals surface area contributed by atoms with E-state index in [-0.39, 0.29) is 17.6 Å². The van der Waals surface area contributed by atoms with E-state index in [1.54, 1.807) is 37.5 Å². The van der Waals surface area contributed by atoms with Crippen molar-refractivity contribution in [1.29, 1.82) is 0 Å². The lowest BCUT2D eigenvalue weighted by Crippen LogP contribution is -2.08. The molecule has 0 aromatic heterocycles. The highest BCUT2D eigenvalue weighted by Gasteiger charge is 2.14. The number of aryl methyl sites for hydroxylation is 1. The van der Waals surface area contributed by atoms with Gasteiger partial charge < -0.3 is 4.74 Å². The van der Waals surface area contributed by atoms with Crippen LogP contribution >= 0.6 is 0 Å². The zero-order valence-electron chi connectivity index (χ0n) is 12.7. The molecule has 118 valence electrons. The molecule has 1 aromatic rings. The summed E-state index contributed by atoms with van der Waals surface area (Å²) in [5.74, 6) is 0. The summed E-state index contributed by atoms with van der Waals surface area (Å²) in [4.78, 5) is 0.208. The van der Waals surface area contributed by atoms with E-state index in [0.29, 0.717) is 6.42 Å². The molecule has 0 aliphatic heterocycles. The molecule has 0 spiro atoms. The van der Waals surface area contributed by atoms with Gasteiger partial charge in [0.25, 0.3) is 10.1 Å². The molecule has 1 atom stereocenters. The Morgan fingerprint density at radius 2 is 1.86 bits per heavy atom. The predicted octanol–water partition coefficient (Wildman–Crippen LogP) is 3.46. The van der Waals surface area contributed by atoms with Crippen LogP contribution in [-0.2, 0) is 19.0 Å². The van der Waals surface area contributed by atoms with E-state index >= 15 is 0 Å². The van der Waals surface area contributed by atoms with E-state index in [1.165, 1.54) is 0 Å². The van der Waals surface area contributed by atoms with E-state index in [1.807, 2.05) is 6.92 Å². The van der Waals surface area contributed by atoms with Crippen molar-refractivity contribution in [3.63, 3.8) is 0 Å². The number of hydrogen-bond donors (Lipinski definition) is 0. The summed E-state index contributed by atoms with van der Waals surface area (Å²) in [5.41, 5.74) is 1.02. The second-order valence-electron chi connectivity index (χ2n) is 4.95. The third kappa shape index (κ3) is 6.42. The van der Waals surface area contributed by atoms with Gasteiger partial charge in [0.05, 0.1) is 17.6 Å². The summed E-state index contributed by atoms with van der Waals surface area (Å²) in [5, 5.41) is 0. The molecule has 0 saturated heterocycles. The molecule has 0 heterocycles. The molecule has 0 aliphatic rings. The highest BCUT2D eigenvalue weighted by molar-refractivity contribution is 7.86. The highest BCUT2D eigenvalue weighted by Crippen LogP contribution is 2.14. The van der Waals surface area contributed by atoms with Crippen LogP contribution in [-0.4, -0.2) is 28.2 Å². The maximum Gasteiger partial charge on any atom is 0.296 e. The number of rotatable bonds is 10. The minimum atomic E-state index is -3.63. The lowest BCUT2D eigenvalue weighted by molar-refractivity contribution is 0.130. The summed E-state index contributed by atoms with van der Waals surface area (Å²) >= 11 is 0. The molecule has 1 rings (SSSR count). The summed E-state index contributed by atoms with van der Waals surface area (Å²) in [6.07, 6.45) is 5.30. The van der Waals surface area contributed by atoms with E-state index in [2.05, 4.69) is 6.58 Å². The van der Waals surface area contributed by atoms with Crippen molar-refractivity contribution in [3.05, 3.63) is 42.5 Å². The SMILES string of the molecule is C=CC(CCCCCOS(=O)(=O)c1ccc(C)cc1)OC. The summed E-state index contributed by atoms with van der Waals surface area (Å²) in [6.45, 7) is 5.81. The van der Waals surface area contributed by atoms with Crippen LogP contribution in [0.15, 0.2) is 41.8 Å². The molecule has 21 heavy (non-hydrogen) atoms.